The van der Waals surface area contributed by atoms with Crippen LogP contribution in [0.3, 0.4) is 0 Å². The molecule has 0 radical (unpaired) electrons. The lowest BCUT2D eigenvalue weighted by Gasteiger charge is -2.43. The maximum Gasteiger partial charge on any atom is 0.410 e. The molecule has 5 nitrogen and oxygen atoms in total. The summed E-state index contributed by atoms with van der Waals surface area (Å²) in [5.74, 6) is 0.986. The predicted octanol–water partition coefficient (Wildman–Crippen LogP) is 3.36. The van der Waals surface area contributed by atoms with Crippen LogP contribution in [0.1, 0.15) is 45.6 Å². The molecule has 0 aliphatic carbocycles. The van der Waals surface area contributed by atoms with E-state index in [1.807, 2.05) is 43.9 Å². The lowest BCUT2D eigenvalue weighted by Crippen LogP contribution is -2.52. The normalized spacial score (nSPS) is 26.1. The Bertz CT molecular complexity index is 601. The highest BCUT2D eigenvalue weighted by Gasteiger charge is 2.40. The summed E-state index contributed by atoms with van der Waals surface area (Å²) in [7, 11) is 0. The molecule has 1 fully saturated rings. The Hall–Kier alpha value is -1.75. The smallest absolute Gasteiger partial charge is 0.410 e. The Balaban J connectivity index is 1.65. The van der Waals surface area contributed by atoms with E-state index in [0.717, 1.165) is 38.0 Å². The van der Waals surface area contributed by atoms with E-state index >= 15 is 0 Å². The Kier molecular flexibility index (Phi) is 4.96. The van der Waals surface area contributed by atoms with Crippen molar-refractivity contribution in [1.82, 2.24) is 4.90 Å². The van der Waals surface area contributed by atoms with Crippen LogP contribution in [0.5, 0.6) is 5.75 Å². The summed E-state index contributed by atoms with van der Waals surface area (Å²) < 4.78 is 11.7. The van der Waals surface area contributed by atoms with Crippen LogP contribution in [0.4, 0.5) is 4.79 Å². The summed E-state index contributed by atoms with van der Waals surface area (Å²) in [6.07, 6.45) is 3.68. The molecule has 138 valence electrons. The first kappa shape index (κ1) is 18.1. The number of carbonyl (C=O) groups excluding carboxylic acids is 1. The SMILES string of the molecule is CC(C)(C)OC(=O)N1CCCC(CN)(CC2Cc3ccccc3O2)C1. The summed E-state index contributed by atoms with van der Waals surface area (Å²) in [6, 6.07) is 8.20. The van der Waals surface area contributed by atoms with Gasteiger partial charge in [0.25, 0.3) is 0 Å². The largest absolute Gasteiger partial charge is 0.490 e. The third kappa shape index (κ3) is 4.27. The van der Waals surface area contributed by atoms with E-state index in [4.69, 9.17) is 15.2 Å². The number of nitrogens with zero attached hydrogens (tertiary/aromatic N) is 1. The monoisotopic (exact) mass is 346 g/mol. The van der Waals surface area contributed by atoms with Gasteiger partial charge in [-0.1, -0.05) is 18.2 Å². The zero-order valence-corrected chi connectivity index (χ0v) is 15.6. The van der Waals surface area contributed by atoms with Crippen LogP contribution < -0.4 is 10.5 Å². The van der Waals surface area contributed by atoms with Gasteiger partial charge in [0.2, 0.25) is 0 Å². The number of hydrogen-bond acceptors (Lipinski definition) is 4. The van der Waals surface area contributed by atoms with Gasteiger partial charge in [-0.25, -0.2) is 4.79 Å². The summed E-state index contributed by atoms with van der Waals surface area (Å²) in [6.45, 7) is 7.64. The second-order valence-electron chi connectivity index (χ2n) is 8.47. The standard InChI is InChI=1S/C20H30N2O3/c1-19(2,3)25-18(23)22-10-6-9-20(13-21,14-22)12-16-11-15-7-4-5-8-17(15)24-16/h4-5,7-8,16H,6,9-14,21H2,1-3H3. The van der Waals surface area contributed by atoms with Crippen LogP contribution in [0, 0.1) is 5.41 Å². The fraction of sp³-hybridized carbons (Fsp3) is 0.650. The lowest BCUT2D eigenvalue weighted by atomic mass is 9.75. The van der Waals surface area contributed by atoms with Crippen LogP contribution in [0.25, 0.3) is 0 Å². The van der Waals surface area contributed by atoms with Crippen molar-refractivity contribution in [2.45, 2.75) is 58.2 Å². The summed E-state index contributed by atoms with van der Waals surface area (Å²) >= 11 is 0. The maximum absolute atomic E-state index is 12.5. The molecule has 1 aromatic carbocycles. The van der Waals surface area contributed by atoms with Gasteiger partial charge in [0, 0.05) is 24.9 Å². The summed E-state index contributed by atoms with van der Waals surface area (Å²) in [5, 5.41) is 0. The number of piperidine rings is 1. The highest BCUT2D eigenvalue weighted by molar-refractivity contribution is 5.68. The van der Waals surface area contributed by atoms with Crippen molar-refractivity contribution in [2.75, 3.05) is 19.6 Å². The van der Waals surface area contributed by atoms with Crippen LogP contribution in [-0.4, -0.2) is 42.3 Å². The highest BCUT2D eigenvalue weighted by atomic mass is 16.6. The van der Waals surface area contributed by atoms with Gasteiger partial charge in [0.15, 0.2) is 0 Å². The number of nitrogens with two attached hydrogens (primary N) is 1. The van der Waals surface area contributed by atoms with Gasteiger partial charge < -0.3 is 20.1 Å². The Labute approximate surface area is 150 Å². The fourth-order valence-corrected chi connectivity index (χ4v) is 3.96. The number of likely N-dealkylation sites (tertiary alicyclic amines) is 1. The first-order valence-corrected chi connectivity index (χ1v) is 9.23. The molecule has 3 rings (SSSR count). The molecule has 2 heterocycles. The molecule has 2 aliphatic heterocycles. The number of rotatable bonds is 3. The molecule has 2 atom stereocenters. The van der Waals surface area contributed by atoms with Gasteiger partial charge >= 0.3 is 6.09 Å². The summed E-state index contributed by atoms with van der Waals surface area (Å²) in [4.78, 5) is 14.3. The third-order valence-corrected chi connectivity index (χ3v) is 5.12. The minimum atomic E-state index is -0.476. The predicted molar refractivity (Wildman–Crippen MR) is 97.7 cm³/mol. The fourth-order valence-electron chi connectivity index (χ4n) is 3.96. The van der Waals surface area contributed by atoms with Crippen LogP contribution >= 0.6 is 0 Å². The van der Waals surface area contributed by atoms with Crippen molar-refractivity contribution in [2.24, 2.45) is 11.1 Å². The minimum absolute atomic E-state index is 0.0954. The Morgan fingerprint density at radius 1 is 1.40 bits per heavy atom. The van der Waals surface area contributed by atoms with Crippen molar-refractivity contribution in [3.8, 4) is 5.75 Å². The van der Waals surface area contributed by atoms with E-state index in [2.05, 4.69) is 6.07 Å². The average molecular weight is 346 g/mol. The van der Waals surface area contributed by atoms with E-state index in [1.165, 1.54) is 5.56 Å². The van der Waals surface area contributed by atoms with E-state index in [9.17, 15) is 4.79 Å². The van der Waals surface area contributed by atoms with Crippen LogP contribution in [-0.2, 0) is 11.2 Å². The molecule has 2 N–H and O–H groups in total. The number of carbonyl (C=O) groups is 1. The molecule has 2 aliphatic rings. The first-order chi connectivity index (χ1) is 11.8. The van der Waals surface area contributed by atoms with Gasteiger partial charge in [-0.2, -0.15) is 0 Å². The number of ether oxygens (including phenoxy) is 2. The van der Waals surface area contributed by atoms with Gasteiger partial charge in [0.1, 0.15) is 17.5 Å². The topological polar surface area (TPSA) is 64.8 Å². The molecule has 0 aromatic heterocycles. The Morgan fingerprint density at radius 2 is 2.16 bits per heavy atom. The molecule has 0 saturated carbocycles. The van der Waals surface area contributed by atoms with Crippen molar-refractivity contribution in [3.63, 3.8) is 0 Å². The molecule has 5 heteroatoms. The van der Waals surface area contributed by atoms with Gasteiger partial charge in [-0.15, -0.1) is 0 Å². The molecular weight excluding hydrogens is 316 g/mol. The van der Waals surface area contributed by atoms with Crippen LogP contribution in [0.15, 0.2) is 24.3 Å². The number of amides is 1. The van der Waals surface area contributed by atoms with Crippen LogP contribution in [0.2, 0.25) is 0 Å². The van der Waals surface area contributed by atoms with E-state index in [-0.39, 0.29) is 17.6 Å². The highest BCUT2D eigenvalue weighted by Crippen LogP contribution is 2.39. The molecule has 25 heavy (non-hydrogen) atoms. The van der Waals surface area contributed by atoms with Crippen molar-refractivity contribution in [1.29, 1.82) is 0 Å². The molecule has 1 aromatic rings. The first-order valence-electron chi connectivity index (χ1n) is 9.23. The van der Waals surface area contributed by atoms with Gasteiger partial charge in [-0.05, 0) is 58.2 Å². The quantitative estimate of drug-likeness (QED) is 0.911. The van der Waals surface area contributed by atoms with E-state index < -0.39 is 5.60 Å². The number of fused-ring (bicyclic) bond motifs is 1. The van der Waals surface area contributed by atoms with E-state index in [1.54, 1.807) is 0 Å². The lowest BCUT2D eigenvalue weighted by molar-refractivity contribution is -0.00218. The zero-order valence-electron chi connectivity index (χ0n) is 15.6. The maximum atomic E-state index is 12.5. The third-order valence-electron chi connectivity index (χ3n) is 5.12. The number of benzene rings is 1. The molecule has 2 unspecified atom stereocenters. The number of para-hydroxylation sites is 1. The van der Waals surface area contributed by atoms with Gasteiger partial charge in [-0.3, -0.25) is 0 Å². The van der Waals surface area contributed by atoms with Crippen molar-refractivity contribution < 1.29 is 14.3 Å². The second kappa shape index (κ2) is 6.87. The van der Waals surface area contributed by atoms with Crippen molar-refractivity contribution >= 4 is 6.09 Å². The second-order valence-corrected chi connectivity index (χ2v) is 8.47. The van der Waals surface area contributed by atoms with Gasteiger partial charge in [0.05, 0.1) is 0 Å². The van der Waals surface area contributed by atoms with Crippen molar-refractivity contribution in [3.05, 3.63) is 29.8 Å². The van der Waals surface area contributed by atoms with E-state index in [0.29, 0.717) is 13.1 Å². The minimum Gasteiger partial charge on any atom is -0.490 e. The average Bonchev–Trinajstić information content (AvgIpc) is 2.95. The molecule has 0 bridgehead atoms. The summed E-state index contributed by atoms with van der Waals surface area (Å²) in [5.41, 5.74) is 6.87. The Morgan fingerprint density at radius 3 is 2.84 bits per heavy atom. The molecule has 1 amide bonds. The molecule has 0 spiro atoms. The molecule has 1 saturated heterocycles. The number of hydrogen-bond donors (Lipinski definition) is 1. The molecular formula is C20H30N2O3. The zero-order chi connectivity index (χ0) is 18.1.